The molecular formula is C11H12BrNO3. The van der Waals surface area contributed by atoms with Gasteiger partial charge in [-0.05, 0) is 18.6 Å². The first-order chi connectivity index (χ1) is 7.70. The van der Waals surface area contributed by atoms with Gasteiger partial charge in [0.25, 0.3) is 0 Å². The maximum absolute atomic E-state index is 11.6. The summed E-state index contributed by atoms with van der Waals surface area (Å²) >= 11 is 3.29. The molecule has 0 aliphatic carbocycles. The molecule has 0 radical (unpaired) electrons. The lowest BCUT2D eigenvalue weighted by Gasteiger charge is -2.09. The number of anilines is 1. The molecule has 1 aromatic rings. The van der Waals surface area contributed by atoms with Gasteiger partial charge in [0.05, 0.1) is 4.83 Å². The Hall–Kier alpha value is -1.23. The fraction of sp³-hybridized carbons (Fsp3) is 0.364. The van der Waals surface area contributed by atoms with Gasteiger partial charge in [-0.25, -0.2) is 0 Å². The van der Waals surface area contributed by atoms with Gasteiger partial charge in [0.15, 0.2) is 11.5 Å². The number of amides is 1. The van der Waals surface area contributed by atoms with Gasteiger partial charge >= 0.3 is 0 Å². The highest BCUT2D eigenvalue weighted by atomic mass is 79.9. The summed E-state index contributed by atoms with van der Waals surface area (Å²) in [6.07, 6.45) is 0.746. The average molecular weight is 286 g/mol. The fourth-order valence-corrected chi connectivity index (χ4v) is 1.49. The lowest BCUT2D eigenvalue weighted by atomic mass is 10.2. The molecule has 1 N–H and O–H groups in total. The van der Waals surface area contributed by atoms with Crippen LogP contribution in [0.2, 0.25) is 0 Å². The Bertz CT molecular complexity index is 408. The number of fused-ring (bicyclic) bond motifs is 1. The smallest absolute Gasteiger partial charge is 0.238 e. The molecule has 5 heteroatoms. The third-order valence-corrected chi connectivity index (χ3v) is 3.35. The van der Waals surface area contributed by atoms with Crippen molar-refractivity contribution in [2.75, 3.05) is 12.1 Å². The van der Waals surface area contributed by atoms with Gasteiger partial charge in [-0.3, -0.25) is 4.79 Å². The van der Waals surface area contributed by atoms with Crippen LogP contribution in [-0.2, 0) is 4.79 Å². The molecule has 1 atom stereocenters. The van der Waals surface area contributed by atoms with Crippen molar-refractivity contribution in [3.8, 4) is 11.5 Å². The van der Waals surface area contributed by atoms with E-state index >= 15 is 0 Å². The van der Waals surface area contributed by atoms with E-state index < -0.39 is 0 Å². The van der Waals surface area contributed by atoms with E-state index in [9.17, 15) is 4.79 Å². The van der Waals surface area contributed by atoms with Crippen molar-refractivity contribution in [2.24, 2.45) is 0 Å². The molecule has 0 aromatic heterocycles. The average Bonchev–Trinajstić information content (AvgIpc) is 2.75. The number of carbonyl (C=O) groups is 1. The van der Waals surface area contributed by atoms with Crippen molar-refractivity contribution in [3.05, 3.63) is 18.2 Å². The molecule has 0 saturated carbocycles. The van der Waals surface area contributed by atoms with E-state index in [1.165, 1.54) is 0 Å². The van der Waals surface area contributed by atoms with Crippen molar-refractivity contribution in [3.63, 3.8) is 0 Å². The van der Waals surface area contributed by atoms with Crippen LogP contribution in [0, 0.1) is 0 Å². The monoisotopic (exact) mass is 285 g/mol. The van der Waals surface area contributed by atoms with Gasteiger partial charge in [0.1, 0.15) is 0 Å². The zero-order valence-corrected chi connectivity index (χ0v) is 10.4. The highest BCUT2D eigenvalue weighted by Crippen LogP contribution is 2.34. The molecule has 16 heavy (non-hydrogen) atoms. The third-order valence-electron chi connectivity index (χ3n) is 2.28. The molecular weight excluding hydrogens is 274 g/mol. The SMILES string of the molecule is CCC(Br)C(=O)Nc1ccc2c(c1)OCO2. The molecule has 1 amide bonds. The minimum absolute atomic E-state index is 0.0543. The standard InChI is InChI=1S/C11H12BrNO3/c1-2-8(12)11(14)13-7-3-4-9-10(5-7)16-6-15-9/h3-5,8H,2,6H2,1H3,(H,13,14). The van der Waals surface area contributed by atoms with E-state index in [1.807, 2.05) is 6.92 Å². The topological polar surface area (TPSA) is 47.6 Å². The predicted octanol–water partition coefficient (Wildman–Crippen LogP) is 2.53. The van der Waals surface area contributed by atoms with E-state index in [0.717, 1.165) is 6.42 Å². The summed E-state index contributed by atoms with van der Waals surface area (Å²) in [5.74, 6) is 1.32. The van der Waals surface area contributed by atoms with Gasteiger partial charge in [-0.15, -0.1) is 0 Å². The summed E-state index contributed by atoms with van der Waals surface area (Å²) in [7, 11) is 0. The Labute approximate surface area is 102 Å². The zero-order chi connectivity index (χ0) is 11.5. The van der Waals surface area contributed by atoms with E-state index in [0.29, 0.717) is 17.2 Å². The lowest BCUT2D eigenvalue weighted by Crippen LogP contribution is -2.21. The molecule has 1 aliphatic heterocycles. The molecule has 4 nitrogen and oxygen atoms in total. The number of benzene rings is 1. The Kier molecular flexibility index (Phi) is 3.33. The van der Waals surface area contributed by atoms with Crippen molar-refractivity contribution >= 4 is 27.5 Å². The lowest BCUT2D eigenvalue weighted by molar-refractivity contribution is -0.115. The van der Waals surface area contributed by atoms with Crippen LogP contribution in [-0.4, -0.2) is 17.5 Å². The molecule has 0 saturated heterocycles. The van der Waals surface area contributed by atoms with Crippen molar-refractivity contribution in [2.45, 2.75) is 18.2 Å². The van der Waals surface area contributed by atoms with E-state index in [4.69, 9.17) is 9.47 Å². The second-order valence-electron chi connectivity index (χ2n) is 3.43. The van der Waals surface area contributed by atoms with Gasteiger partial charge in [-0.1, -0.05) is 22.9 Å². The highest BCUT2D eigenvalue weighted by Gasteiger charge is 2.16. The Morgan fingerprint density at radius 1 is 1.50 bits per heavy atom. The summed E-state index contributed by atoms with van der Waals surface area (Å²) in [5, 5.41) is 2.80. The molecule has 0 fully saturated rings. The summed E-state index contributed by atoms with van der Waals surface area (Å²) < 4.78 is 10.4. The predicted molar refractivity (Wildman–Crippen MR) is 64.2 cm³/mol. The van der Waals surface area contributed by atoms with Crippen LogP contribution in [0.1, 0.15) is 13.3 Å². The van der Waals surface area contributed by atoms with Crippen LogP contribution in [0.5, 0.6) is 11.5 Å². The second kappa shape index (κ2) is 4.74. The van der Waals surface area contributed by atoms with Gasteiger partial charge in [0.2, 0.25) is 12.7 Å². The number of hydrogen-bond acceptors (Lipinski definition) is 3. The first-order valence-electron chi connectivity index (χ1n) is 5.05. The van der Waals surface area contributed by atoms with Crippen LogP contribution in [0.15, 0.2) is 18.2 Å². The van der Waals surface area contributed by atoms with Crippen LogP contribution < -0.4 is 14.8 Å². The molecule has 86 valence electrons. The Balaban J connectivity index is 2.08. The number of hydrogen-bond donors (Lipinski definition) is 1. The summed E-state index contributed by atoms with van der Waals surface area (Å²) in [6, 6.07) is 5.34. The molecule has 1 aromatic carbocycles. The van der Waals surface area contributed by atoms with Crippen LogP contribution in [0.3, 0.4) is 0 Å². The van der Waals surface area contributed by atoms with Crippen molar-refractivity contribution in [1.29, 1.82) is 0 Å². The number of carbonyl (C=O) groups excluding carboxylic acids is 1. The normalized spacial score (nSPS) is 14.6. The number of nitrogens with one attached hydrogen (secondary N) is 1. The molecule has 1 aliphatic rings. The van der Waals surface area contributed by atoms with E-state index in [2.05, 4.69) is 21.2 Å². The molecule has 0 spiro atoms. The fourth-order valence-electron chi connectivity index (χ4n) is 1.38. The van der Waals surface area contributed by atoms with E-state index in [-0.39, 0.29) is 17.5 Å². The quantitative estimate of drug-likeness (QED) is 0.869. The third kappa shape index (κ3) is 2.29. The first kappa shape index (κ1) is 11.3. The molecule has 0 bridgehead atoms. The molecule has 2 rings (SSSR count). The molecule has 1 unspecified atom stereocenters. The number of alkyl halides is 1. The van der Waals surface area contributed by atoms with Crippen LogP contribution >= 0.6 is 15.9 Å². The summed E-state index contributed by atoms with van der Waals surface area (Å²) in [4.78, 5) is 11.4. The largest absolute Gasteiger partial charge is 0.454 e. The van der Waals surface area contributed by atoms with E-state index in [1.54, 1.807) is 18.2 Å². The van der Waals surface area contributed by atoms with Crippen molar-refractivity contribution < 1.29 is 14.3 Å². The Morgan fingerprint density at radius 3 is 3.00 bits per heavy atom. The highest BCUT2D eigenvalue weighted by molar-refractivity contribution is 9.10. The minimum atomic E-state index is -0.169. The molecule has 1 heterocycles. The summed E-state index contributed by atoms with van der Waals surface area (Å²) in [5.41, 5.74) is 0.715. The first-order valence-corrected chi connectivity index (χ1v) is 5.97. The van der Waals surface area contributed by atoms with Gasteiger partial charge in [-0.2, -0.15) is 0 Å². The maximum Gasteiger partial charge on any atom is 0.238 e. The zero-order valence-electron chi connectivity index (χ0n) is 8.83. The number of ether oxygens (including phenoxy) is 2. The number of rotatable bonds is 3. The van der Waals surface area contributed by atoms with Crippen LogP contribution in [0.4, 0.5) is 5.69 Å². The number of halogens is 1. The van der Waals surface area contributed by atoms with Crippen molar-refractivity contribution in [1.82, 2.24) is 0 Å². The summed E-state index contributed by atoms with van der Waals surface area (Å²) in [6.45, 7) is 2.18. The Morgan fingerprint density at radius 2 is 2.25 bits per heavy atom. The minimum Gasteiger partial charge on any atom is -0.454 e. The maximum atomic E-state index is 11.6. The second-order valence-corrected chi connectivity index (χ2v) is 4.54. The van der Waals surface area contributed by atoms with Gasteiger partial charge < -0.3 is 14.8 Å². The van der Waals surface area contributed by atoms with Gasteiger partial charge in [0, 0.05) is 11.8 Å². The van der Waals surface area contributed by atoms with Crippen LogP contribution in [0.25, 0.3) is 0 Å².